The van der Waals surface area contributed by atoms with Gasteiger partial charge in [0, 0.05) is 10.3 Å². The van der Waals surface area contributed by atoms with Crippen LogP contribution >= 0.6 is 11.3 Å². The highest BCUT2D eigenvalue weighted by Crippen LogP contribution is 2.26. The van der Waals surface area contributed by atoms with Crippen LogP contribution in [0, 0.1) is 0 Å². The first-order valence-corrected chi connectivity index (χ1v) is 10.00. The highest BCUT2D eigenvalue weighted by Gasteiger charge is 2.21. The van der Waals surface area contributed by atoms with Crippen molar-refractivity contribution in [2.45, 2.75) is 18.4 Å². The Morgan fingerprint density at radius 1 is 1.08 bits per heavy atom. The van der Waals surface area contributed by atoms with Crippen LogP contribution in [0.1, 0.15) is 22.8 Å². The van der Waals surface area contributed by atoms with E-state index in [1.807, 2.05) is 29.6 Å². The Balaban J connectivity index is 1.84. The summed E-state index contributed by atoms with van der Waals surface area (Å²) in [5, 5.41) is 3.00. The normalized spacial score (nSPS) is 11.5. The molecule has 24 heavy (non-hydrogen) atoms. The van der Waals surface area contributed by atoms with E-state index in [2.05, 4.69) is 0 Å². The molecular formula is C18H16O4S2. The van der Waals surface area contributed by atoms with Gasteiger partial charge in [0.1, 0.15) is 6.61 Å². The van der Waals surface area contributed by atoms with Crippen LogP contribution in [-0.4, -0.2) is 20.1 Å². The average Bonchev–Trinajstić information content (AvgIpc) is 3.03. The SMILES string of the molecule is CCS(=O)(=O)c1ccccc1C(=O)OCc1csc2ccccc12. The topological polar surface area (TPSA) is 60.4 Å². The van der Waals surface area contributed by atoms with Crippen LogP contribution in [0.5, 0.6) is 0 Å². The third kappa shape index (κ3) is 3.20. The van der Waals surface area contributed by atoms with Gasteiger partial charge in [-0.3, -0.25) is 0 Å². The summed E-state index contributed by atoms with van der Waals surface area (Å²) in [4.78, 5) is 12.4. The van der Waals surface area contributed by atoms with Crippen molar-refractivity contribution in [2.24, 2.45) is 0 Å². The minimum absolute atomic E-state index is 0.0210. The summed E-state index contributed by atoms with van der Waals surface area (Å²) in [5.41, 5.74) is 0.999. The van der Waals surface area contributed by atoms with Gasteiger partial charge in [-0.05, 0) is 29.0 Å². The number of hydrogen-bond donors (Lipinski definition) is 0. The van der Waals surface area contributed by atoms with Crippen molar-refractivity contribution in [3.05, 3.63) is 65.0 Å². The number of sulfone groups is 1. The van der Waals surface area contributed by atoms with E-state index in [1.54, 1.807) is 30.4 Å². The van der Waals surface area contributed by atoms with E-state index in [9.17, 15) is 13.2 Å². The molecule has 0 aliphatic rings. The molecule has 2 aromatic carbocycles. The van der Waals surface area contributed by atoms with E-state index in [-0.39, 0.29) is 22.8 Å². The first-order valence-electron chi connectivity index (χ1n) is 7.47. The van der Waals surface area contributed by atoms with Crippen molar-refractivity contribution in [1.29, 1.82) is 0 Å². The Kier molecular flexibility index (Phi) is 4.69. The van der Waals surface area contributed by atoms with E-state index in [0.717, 1.165) is 15.6 Å². The van der Waals surface area contributed by atoms with Crippen LogP contribution in [-0.2, 0) is 21.2 Å². The Hall–Kier alpha value is -2.18. The molecule has 0 saturated carbocycles. The molecule has 0 unspecified atom stereocenters. The van der Waals surface area contributed by atoms with E-state index < -0.39 is 15.8 Å². The Labute approximate surface area is 144 Å². The van der Waals surface area contributed by atoms with Crippen LogP contribution in [0.4, 0.5) is 0 Å². The van der Waals surface area contributed by atoms with Gasteiger partial charge in [-0.1, -0.05) is 37.3 Å². The Morgan fingerprint density at radius 3 is 2.58 bits per heavy atom. The fraction of sp³-hybridized carbons (Fsp3) is 0.167. The Bertz CT molecular complexity index is 987. The second-order valence-electron chi connectivity index (χ2n) is 5.23. The fourth-order valence-electron chi connectivity index (χ4n) is 2.43. The van der Waals surface area contributed by atoms with Crippen LogP contribution in [0.25, 0.3) is 10.1 Å². The van der Waals surface area contributed by atoms with Crippen molar-refractivity contribution < 1.29 is 17.9 Å². The van der Waals surface area contributed by atoms with Gasteiger partial charge < -0.3 is 4.74 Å². The maximum atomic E-state index is 12.4. The lowest BCUT2D eigenvalue weighted by Gasteiger charge is -2.09. The van der Waals surface area contributed by atoms with Crippen LogP contribution in [0.3, 0.4) is 0 Å². The van der Waals surface area contributed by atoms with Crippen molar-refractivity contribution >= 4 is 37.2 Å². The molecule has 6 heteroatoms. The smallest absolute Gasteiger partial charge is 0.339 e. The zero-order chi connectivity index (χ0) is 17.2. The van der Waals surface area contributed by atoms with Crippen molar-refractivity contribution in [3.8, 4) is 0 Å². The molecule has 1 heterocycles. The summed E-state index contributed by atoms with van der Waals surface area (Å²) in [5.74, 6) is -0.690. The zero-order valence-corrected chi connectivity index (χ0v) is 14.7. The second-order valence-corrected chi connectivity index (χ2v) is 8.39. The third-order valence-corrected chi connectivity index (χ3v) is 6.54. The Morgan fingerprint density at radius 2 is 1.79 bits per heavy atom. The molecule has 0 saturated heterocycles. The monoisotopic (exact) mass is 360 g/mol. The largest absolute Gasteiger partial charge is 0.457 e. The number of fused-ring (bicyclic) bond motifs is 1. The van der Waals surface area contributed by atoms with Crippen LogP contribution < -0.4 is 0 Å². The number of carbonyl (C=O) groups excluding carboxylic acids is 1. The summed E-state index contributed by atoms with van der Waals surface area (Å²) in [7, 11) is -3.48. The van der Waals surface area contributed by atoms with Crippen LogP contribution in [0.2, 0.25) is 0 Å². The number of esters is 1. The van der Waals surface area contributed by atoms with Gasteiger partial charge in [0.15, 0.2) is 9.84 Å². The molecule has 0 atom stereocenters. The van der Waals surface area contributed by atoms with Crippen molar-refractivity contribution in [3.63, 3.8) is 0 Å². The molecule has 3 aromatic rings. The number of rotatable bonds is 5. The third-order valence-electron chi connectivity index (χ3n) is 3.74. The summed E-state index contributed by atoms with van der Waals surface area (Å²) < 4.78 is 30.7. The van der Waals surface area contributed by atoms with E-state index in [4.69, 9.17) is 4.74 Å². The lowest BCUT2D eigenvalue weighted by Crippen LogP contribution is -2.13. The molecule has 4 nitrogen and oxygen atoms in total. The van der Waals surface area contributed by atoms with Gasteiger partial charge in [-0.25, -0.2) is 13.2 Å². The molecule has 0 radical (unpaired) electrons. The quantitative estimate of drug-likeness (QED) is 0.644. The minimum atomic E-state index is -3.48. The van der Waals surface area contributed by atoms with Gasteiger partial charge >= 0.3 is 5.97 Å². The van der Waals surface area contributed by atoms with Gasteiger partial charge in [0.2, 0.25) is 0 Å². The summed E-state index contributed by atoms with van der Waals surface area (Å²) in [6.45, 7) is 1.66. The molecule has 1 aromatic heterocycles. The summed E-state index contributed by atoms with van der Waals surface area (Å²) in [6.07, 6.45) is 0. The summed E-state index contributed by atoms with van der Waals surface area (Å²) in [6, 6.07) is 14.0. The molecule has 0 aliphatic heterocycles. The molecule has 0 fully saturated rings. The first-order chi connectivity index (χ1) is 11.5. The molecule has 0 aliphatic carbocycles. The maximum Gasteiger partial charge on any atom is 0.339 e. The zero-order valence-electron chi connectivity index (χ0n) is 13.1. The van der Waals surface area contributed by atoms with E-state index >= 15 is 0 Å². The standard InChI is InChI=1S/C18H16O4S2/c1-2-24(20,21)17-10-6-4-8-15(17)18(19)22-11-13-12-23-16-9-5-3-7-14(13)16/h3-10,12H,2,11H2,1H3. The van der Waals surface area contributed by atoms with Gasteiger partial charge in [-0.2, -0.15) is 0 Å². The predicted molar refractivity (Wildman–Crippen MR) is 95.1 cm³/mol. The summed E-state index contributed by atoms with van der Waals surface area (Å²) >= 11 is 1.59. The number of hydrogen-bond acceptors (Lipinski definition) is 5. The highest BCUT2D eigenvalue weighted by atomic mass is 32.2. The average molecular weight is 360 g/mol. The van der Waals surface area contributed by atoms with Crippen molar-refractivity contribution in [2.75, 3.05) is 5.75 Å². The van der Waals surface area contributed by atoms with Gasteiger partial charge in [0.25, 0.3) is 0 Å². The van der Waals surface area contributed by atoms with Gasteiger partial charge in [-0.15, -0.1) is 11.3 Å². The van der Waals surface area contributed by atoms with Gasteiger partial charge in [0.05, 0.1) is 16.2 Å². The lowest BCUT2D eigenvalue weighted by atomic mass is 10.2. The van der Waals surface area contributed by atoms with E-state index in [1.165, 1.54) is 12.1 Å². The lowest BCUT2D eigenvalue weighted by molar-refractivity contribution is 0.0470. The molecule has 3 rings (SSSR count). The number of benzene rings is 2. The minimum Gasteiger partial charge on any atom is -0.457 e. The van der Waals surface area contributed by atoms with Crippen molar-refractivity contribution in [1.82, 2.24) is 0 Å². The van der Waals surface area contributed by atoms with Crippen LogP contribution in [0.15, 0.2) is 58.8 Å². The molecule has 0 N–H and O–H groups in total. The second kappa shape index (κ2) is 6.75. The van der Waals surface area contributed by atoms with E-state index in [0.29, 0.717) is 0 Å². The molecule has 0 spiro atoms. The highest BCUT2D eigenvalue weighted by molar-refractivity contribution is 7.91. The fourth-order valence-corrected chi connectivity index (χ4v) is 4.46. The number of ether oxygens (including phenoxy) is 1. The maximum absolute atomic E-state index is 12.4. The first kappa shape index (κ1) is 16.7. The molecule has 124 valence electrons. The number of thiophene rings is 1. The predicted octanol–water partition coefficient (Wildman–Crippen LogP) is 4.05. The molecule has 0 amide bonds. The molecular weight excluding hydrogens is 344 g/mol. The number of carbonyl (C=O) groups is 1. The molecule has 0 bridgehead atoms.